The fraction of sp³-hybridized carbons (Fsp3) is 0.0870. The Labute approximate surface area is 172 Å². The van der Waals surface area contributed by atoms with E-state index in [4.69, 9.17) is 0 Å². The number of nitrogens with one attached hydrogen (secondary N) is 2. The normalized spacial score (nSPS) is 10.8. The monoisotopic (exact) mass is 402 g/mol. The number of halogens is 1. The summed E-state index contributed by atoms with van der Waals surface area (Å²) >= 11 is 0. The SMILES string of the molecule is CC(=O)c1cc(C(=O)Nc2ccc(Nc3ccc(F)cc3)c3ccncc23)n(C)c1. The van der Waals surface area contributed by atoms with Crippen LogP contribution in [0.2, 0.25) is 0 Å². The number of hydrogen-bond donors (Lipinski definition) is 2. The molecule has 0 bridgehead atoms. The number of rotatable bonds is 5. The molecule has 0 aliphatic carbocycles. The van der Waals surface area contributed by atoms with Crippen LogP contribution < -0.4 is 10.6 Å². The number of Topliss-reactive ketones (excluding diaryl/α,β-unsaturated/α-hetero) is 1. The second kappa shape index (κ2) is 7.79. The zero-order chi connectivity index (χ0) is 21.3. The third-order valence-electron chi connectivity index (χ3n) is 4.83. The van der Waals surface area contributed by atoms with Crippen molar-refractivity contribution < 1.29 is 14.0 Å². The van der Waals surface area contributed by atoms with E-state index in [0.717, 1.165) is 22.1 Å². The average molecular weight is 402 g/mol. The lowest BCUT2D eigenvalue weighted by molar-refractivity contribution is 0.101. The summed E-state index contributed by atoms with van der Waals surface area (Å²) in [6.45, 7) is 1.46. The fourth-order valence-electron chi connectivity index (χ4n) is 3.27. The predicted octanol–water partition coefficient (Wildman–Crippen LogP) is 4.91. The van der Waals surface area contributed by atoms with E-state index in [2.05, 4.69) is 15.6 Å². The van der Waals surface area contributed by atoms with Gasteiger partial charge >= 0.3 is 0 Å². The molecular formula is C23H19FN4O2. The smallest absolute Gasteiger partial charge is 0.272 e. The second-order valence-corrected chi connectivity index (χ2v) is 6.95. The molecule has 4 rings (SSSR count). The van der Waals surface area contributed by atoms with Gasteiger partial charge in [-0.2, -0.15) is 0 Å². The Morgan fingerprint density at radius 2 is 1.73 bits per heavy atom. The lowest BCUT2D eigenvalue weighted by Gasteiger charge is -2.14. The average Bonchev–Trinajstić information content (AvgIpc) is 3.13. The number of aromatic nitrogens is 2. The summed E-state index contributed by atoms with van der Waals surface area (Å²) in [6.07, 6.45) is 4.97. The van der Waals surface area contributed by atoms with Crippen molar-refractivity contribution in [2.45, 2.75) is 6.92 Å². The quantitative estimate of drug-likeness (QED) is 0.465. The summed E-state index contributed by atoms with van der Waals surface area (Å²) in [7, 11) is 1.72. The second-order valence-electron chi connectivity index (χ2n) is 6.95. The van der Waals surface area contributed by atoms with E-state index in [1.165, 1.54) is 19.1 Å². The van der Waals surface area contributed by atoms with Gasteiger partial charge in [0.15, 0.2) is 5.78 Å². The van der Waals surface area contributed by atoms with Gasteiger partial charge in [0, 0.05) is 53.3 Å². The van der Waals surface area contributed by atoms with Gasteiger partial charge in [-0.15, -0.1) is 0 Å². The summed E-state index contributed by atoms with van der Waals surface area (Å²) < 4.78 is 14.8. The van der Waals surface area contributed by atoms with Gasteiger partial charge in [-0.05, 0) is 55.5 Å². The number of amides is 1. The van der Waals surface area contributed by atoms with E-state index < -0.39 is 0 Å². The Kier molecular flexibility index (Phi) is 5.02. The molecule has 1 amide bonds. The van der Waals surface area contributed by atoms with Crippen LogP contribution in [-0.2, 0) is 7.05 Å². The van der Waals surface area contributed by atoms with Crippen molar-refractivity contribution >= 4 is 39.5 Å². The molecule has 0 spiro atoms. The van der Waals surface area contributed by atoms with Crippen molar-refractivity contribution in [3.63, 3.8) is 0 Å². The number of anilines is 3. The van der Waals surface area contributed by atoms with E-state index in [-0.39, 0.29) is 17.5 Å². The lowest BCUT2D eigenvalue weighted by Crippen LogP contribution is -2.15. The van der Waals surface area contributed by atoms with E-state index in [1.807, 2.05) is 12.1 Å². The first kappa shape index (κ1) is 19.3. The number of fused-ring (bicyclic) bond motifs is 1. The highest BCUT2D eigenvalue weighted by Crippen LogP contribution is 2.31. The van der Waals surface area contributed by atoms with Gasteiger partial charge in [-0.25, -0.2) is 4.39 Å². The minimum atomic E-state index is -0.325. The van der Waals surface area contributed by atoms with E-state index in [9.17, 15) is 14.0 Å². The fourth-order valence-corrected chi connectivity index (χ4v) is 3.27. The third-order valence-corrected chi connectivity index (χ3v) is 4.83. The van der Waals surface area contributed by atoms with Crippen LogP contribution in [0.4, 0.5) is 21.5 Å². The minimum Gasteiger partial charge on any atom is -0.355 e. The molecule has 0 atom stereocenters. The van der Waals surface area contributed by atoms with Crippen LogP contribution in [0.5, 0.6) is 0 Å². The molecule has 2 aromatic carbocycles. The molecule has 2 aromatic heterocycles. The number of nitrogens with zero attached hydrogens (tertiary/aromatic N) is 2. The maximum atomic E-state index is 13.2. The van der Waals surface area contributed by atoms with Gasteiger partial charge in [-0.3, -0.25) is 14.6 Å². The number of aryl methyl sites for hydroxylation is 1. The molecule has 0 saturated carbocycles. The molecule has 0 fully saturated rings. The largest absolute Gasteiger partial charge is 0.355 e. The molecule has 2 heterocycles. The molecule has 0 unspecified atom stereocenters. The number of ketones is 1. The Hall–Kier alpha value is -4.00. The molecule has 0 saturated heterocycles. The highest BCUT2D eigenvalue weighted by atomic mass is 19.1. The molecule has 7 heteroatoms. The van der Waals surface area contributed by atoms with Crippen molar-refractivity contribution in [2.24, 2.45) is 7.05 Å². The molecule has 0 aliphatic heterocycles. The van der Waals surface area contributed by atoms with Crippen molar-refractivity contribution in [1.29, 1.82) is 0 Å². The van der Waals surface area contributed by atoms with Crippen LogP contribution >= 0.6 is 0 Å². The summed E-state index contributed by atoms with van der Waals surface area (Å²) in [4.78, 5) is 28.6. The van der Waals surface area contributed by atoms with Crippen LogP contribution in [0.25, 0.3) is 10.8 Å². The Morgan fingerprint density at radius 3 is 2.43 bits per heavy atom. The van der Waals surface area contributed by atoms with E-state index in [0.29, 0.717) is 16.9 Å². The molecule has 0 radical (unpaired) electrons. The maximum Gasteiger partial charge on any atom is 0.272 e. The van der Waals surface area contributed by atoms with E-state index >= 15 is 0 Å². The topological polar surface area (TPSA) is 76.0 Å². The van der Waals surface area contributed by atoms with Crippen LogP contribution in [0.1, 0.15) is 27.8 Å². The zero-order valence-electron chi connectivity index (χ0n) is 16.4. The van der Waals surface area contributed by atoms with Gasteiger partial charge in [0.2, 0.25) is 0 Å². The summed E-state index contributed by atoms with van der Waals surface area (Å²) in [5.74, 6) is -0.730. The van der Waals surface area contributed by atoms with Crippen molar-refractivity contribution in [2.75, 3.05) is 10.6 Å². The molecule has 2 N–H and O–H groups in total. The Morgan fingerprint density at radius 1 is 1.00 bits per heavy atom. The van der Waals surface area contributed by atoms with Gasteiger partial charge in [0.05, 0.1) is 5.69 Å². The van der Waals surface area contributed by atoms with Crippen LogP contribution in [0, 0.1) is 5.82 Å². The number of carbonyl (C=O) groups is 2. The first-order valence-corrected chi connectivity index (χ1v) is 9.30. The summed E-state index contributed by atoms with van der Waals surface area (Å²) in [5, 5.41) is 7.77. The van der Waals surface area contributed by atoms with Gasteiger partial charge in [-0.1, -0.05) is 0 Å². The van der Waals surface area contributed by atoms with Gasteiger partial charge < -0.3 is 15.2 Å². The van der Waals surface area contributed by atoms with Crippen LogP contribution in [0.15, 0.2) is 67.1 Å². The lowest BCUT2D eigenvalue weighted by atomic mass is 10.1. The maximum absolute atomic E-state index is 13.2. The number of benzene rings is 2. The van der Waals surface area contributed by atoms with Gasteiger partial charge in [0.25, 0.3) is 5.91 Å². The Bertz CT molecular complexity index is 1260. The van der Waals surface area contributed by atoms with Gasteiger partial charge in [0.1, 0.15) is 11.5 Å². The summed E-state index contributed by atoms with van der Waals surface area (Å²) in [6, 6.07) is 13.1. The van der Waals surface area contributed by atoms with Crippen molar-refractivity contribution in [1.82, 2.24) is 9.55 Å². The third kappa shape index (κ3) is 3.77. The molecule has 4 aromatic rings. The highest BCUT2D eigenvalue weighted by Gasteiger charge is 2.16. The molecular weight excluding hydrogens is 383 g/mol. The van der Waals surface area contributed by atoms with Crippen LogP contribution in [0.3, 0.4) is 0 Å². The highest BCUT2D eigenvalue weighted by molar-refractivity contribution is 6.11. The standard InChI is InChI=1S/C23H19FN4O2/c1-14(29)15-11-22(28(2)13-15)23(30)27-21-8-7-20(18-9-10-25-12-19(18)21)26-17-5-3-16(24)4-6-17/h3-13,26H,1-2H3,(H,27,30). The molecule has 30 heavy (non-hydrogen) atoms. The summed E-state index contributed by atoms with van der Waals surface area (Å²) in [5.41, 5.74) is 3.00. The minimum absolute atomic E-state index is 0.101. The predicted molar refractivity (Wildman–Crippen MR) is 115 cm³/mol. The first-order valence-electron chi connectivity index (χ1n) is 9.30. The zero-order valence-corrected chi connectivity index (χ0v) is 16.4. The van der Waals surface area contributed by atoms with Crippen LogP contribution in [-0.4, -0.2) is 21.2 Å². The molecule has 0 aliphatic rings. The molecule has 150 valence electrons. The van der Waals surface area contributed by atoms with Crippen molar-refractivity contribution in [3.8, 4) is 0 Å². The first-order chi connectivity index (χ1) is 14.4. The molecule has 6 nitrogen and oxygen atoms in total. The number of pyridine rings is 1. The van der Waals surface area contributed by atoms with Crippen molar-refractivity contribution in [3.05, 3.63) is 84.2 Å². The number of carbonyl (C=O) groups excluding carboxylic acids is 2. The number of hydrogen-bond acceptors (Lipinski definition) is 4. The van der Waals surface area contributed by atoms with E-state index in [1.54, 1.807) is 54.5 Å². The Balaban J connectivity index is 1.66.